The topological polar surface area (TPSA) is 62.3 Å². The van der Waals surface area contributed by atoms with E-state index in [0.717, 1.165) is 23.4 Å². The maximum atomic E-state index is 13.8. The number of pyridine rings is 1. The quantitative estimate of drug-likeness (QED) is 0.687. The Morgan fingerprint density at radius 1 is 1.00 bits per heavy atom. The van der Waals surface area contributed by atoms with Crippen molar-refractivity contribution in [3.05, 3.63) is 89.2 Å². The van der Waals surface area contributed by atoms with Crippen LogP contribution in [0, 0.1) is 18.6 Å². The van der Waals surface area contributed by atoms with Crippen LogP contribution in [0.25, 0.3) is 0 Å². The van der Waals surface area contributed by atoms with E-state index >= 15 is 0 Å². The summed E-state index contributed by atoms with van der Waals surface area (Å²) in [5.41, 5.74) is 1.59. The van der Waals surface area contributed by atoms with Crippen LogP contribution in [0.2, 0.25) is 0 Å². The third kappa shape index (κ3) is 4.63. The lowest BCUT2D eigenvalue weighted by Crippen LogP contribution is -2.31. The number of amides is 2. The fourth-order valence-electron chi connectivity index (χ4n) is 2.84. The van der Waals surface area contributed by atoms with Gasteiger partial charge in [0.25, 0.3) is 11.8 Å². The third-order valence-corrected chi connectivity index (χ3v) is 4.25. The monoisotopic (exact) mass is 395 g/mol. The van der Waals surface area contributed by atoms with E-state index in [9.17, 15) is 18.4 Å². The van der Waals surface area contributed by atoms with Crippen molar-refractivity contribution >= 4 is 23.2 Å². The van der Waals surface area contributed by atoms with Crippen LogP contribution >= 0.6 is 0 Å². The van der Waals surface area contributed by atoms with Crippen molar-refractivity contribution in [1.29, 1.82) is 0 Å². The van der Waals surface area contributed by atoms with Crippen molar-refractivity contribution in [2.24, 2.45) is 0 Å². The normalized spacial score (nSPS) is 10.5. The van der Waals surface area contributed by atoms with Crippen molar-refractivity contribution < 1.29 is 18.4 Å². The second-order valence-electron chi connectivity index (χ2n) is 6.37. The predicted octanol–water partition coefficient (Wildman–Crippen LogP) is 4.59. The predicted molar refractivity (Wildman–Crippen MR) is 107 cm³/mol. The number of aromatic nitrogens is 1. The Balaban J connectivity index is 1.84. The van der Waals surface area contributed by atoms with Gasteiger partial charge in [0.1, 0.15) is 23.0 Å². The molecule has 0 saturated heterocycles. The molecule has 3 aromatic rings. The van der Waals surface area contributed by atoms with Gasteiger partial charge in [0.05, 0.1) is 5.69 Å². The summed E-state index contributed by atoms with van der Waals surface area (Å²) < 4.78 is 26.8. The van der Waals surface area contributed by atoms with Gasteiger partial charge in [-0.3, -0.25) is 9.59 Å². The second-order valence-corrected chi connectivity index (χ2v) is 6.37. The van der Waals surface area contributed by atoms with Gasteiger partial charge in [-0.15, -0.1) is 0 Å². The molecule has 0 fully saturated rings. The minimum Gasteiger partial charge on any atom is -0.318 e. The van der Waals surface area contributed by atoms with E-state index in [-0.39, 0.29) is 23.0 Å². The molecule has 0 aliphatic carbocycles. The Hall–Kier alpha value is -3.61. The van der Waals surface area contributed by atoms with E-state index in [1.807, 2.05) is 38.1 Å². The van der Waals surface area contributed by atoms with Gasteiger partial charge in [0.2, 0.25) is 0 Å². The summed E-state index contributed by atoms with van der Waals surface area (Å²) in [6, 6.07) is 14.8. The Kier molecular flexibility index (Phi) is 5.97. The van der Waals surface area contributed by atoms with Crippen molar-refractivity contribution in [2.75, 3.05) is 16.8 Å². The first-order chi connectivity index (χ1) is 13.9. The van der Waals surface area contributed by atoms with Crippen LogP contribution in [0.3, 0.4) is 0 Å². The van der Waals surface area contributed by atoms with E-state index in [2.05, 4.69) is 10.3 Å². The number of nitrogens with zero attached hydrogens (tertiary/aromatic N) is 2. The number of carbonyl (C=O) groups excluding carboxylic acids is 2. The molecule has 0 bridgehead atoms. The van der Waals surface area contributed by atoms with Crippen molar-refractivity contribution in [3.8, 4) is 0 Å². The molecule has 0 spiro atoms. The van der Waals surface area contributed by atoms with Gasteiger partial charge in [-0.1, -0.05) is 18.2 Å². The average molecular weight is 395 g/mol. The van der Waals surface area contributed by atoms with Gasteiger partial charge in [-0.05, 0) is 55.8 Å². The lowest BCUT2D eigenvalue weighted by molar-refractivity contribution is 0.0983. The maximum Gasteiger partial charge on any atom is 0.276 e. The molecule has 0 aliphatic heterocycles. The lowest BCUT2D eigenvalue weighted by atomic mass is 10.2. The molecule has 2 amide bonds. The van der Waals surface area contributed by atoms with Crippen LogP contribution in [0.5, 0.6) is 0 Å². The van der Waals surface area contributed by atoms with Crippen LogP contribution in [-0.2, 0) is 0 Å². The largest absolute Gasteiger partial charge is 0.318 e. The number of benzene rings is 2. The highest BCUT2D eigenvalue weighted by molar-refractivity contribution is 6.07. The molecule has 0 atom stereocenters. The van der Waals surface area contributed by atoms with E-state index in [4.69, 9.17) is 0 Å². The number of halogens is 2. The average Bonchev–Trinajstić information content (AvgIpc) is 2.70. The van der Waals surface area contributed by atoms with Crippen LogP contribution in [0.1, 0.15) is 33.5 Å². The summed E-state index contributed by atoms with van der Waals surface area (Å²) in [6.07, 6.45) is 0. The highest BCUT2D eigenvalue weighted by Crippen LogP contribution is 2.19. The fraction of sp³-hybridized carbons (Fsp3) is 0.136. The van der Waals surface area contributed by atoms with Gasteiger partial charge >= 0.3 is 0 Å². The zero-order valence-corrected chi connectivity index (χ0v) is 15.9. The minimum absolute atomic E-state index is 0.0557. The highest BCUT2D eigenvalue weighted by Gasteiger charge is 2.19. The standard InChI is InChI=1S/C22H19F2N3O2/c1-3-27(16-7-4-6-14(2)12-16)22(29)20-9-5-8-19(25-20)21(28)26-18-11-10-15(23)13-17(18)24/h4-13H,3H2,1-2H3,(H,26,28). The summed E-state index contributed by atoms with van der Waals surface area (Å²) in [6.45, 7) is 4.19. The maximum absolute atomic E-state index is 13.8. The zero-order chi connectivity index (χ0) is 21.0. The smallest absolute Gasteiger partial charge is 0.276 e. The highest BCUT2D eigenvalue weighted by atomic mass is 19.1. The summed E-state index contributed by atoms with van der Waals surface area (Å²) >= 11 is 0. The first-order valence-corrected chi connectivity index (χ1v) is 9.01. The first-order valence-electron chi connectivity index (χ1n) is 9.01. The SMILES string of the molecule is CCN(C(=O)c1cccc(C(=O)Nc2ccc(F)cc2F)n1)c1cccc(C)c1. The van der Waals surface area contributed by atoms with E-state index in [0.29, 0.717) is 12.6 Å². The molecule has 148 valence electrons. The van der Waals surface area contributed by atoms with Crippen LogP contribution in [0.15, 0.2) is 60.7 Å². The molecule has 0 radical (unpaired) electrons. The fourth-order valence-corrected chi connectivity index (χ4v) is 2.84. The Labute approximate surface area is 167 Å². The number of hydrogen-bond acceptors (Lipinski definition) is 3. The van der Waals surface area contributed by atoms with Crippen molar-refractivity contribution in [2.45, 2.75) is 13.8 Å². The summed E-state index contributed by atoms with van der Waals surface area (Å²) in [4.78, 5) is 31.0. The number of hydrogen-bond donors (Lipinski definition) is 1. The number of carbonyl (C=O) groups is 2. The number of nitrogens with one attached hydrogen (secondary N) is 1. The van der Waals surface area contributed by atoms with E-state index in [1.165, 1.54) is 18.2 Å². The summed E-state index contributed by atoms with van der Waals surface area (Å²) in [7, 11) is 0. The van der Waals surface area contributed by atoms with Gasteiger partial charge in [-0.25, -0.2) is 13.8 Å². The molecule has 0 saturated carbocycles. The molecule has 3 rings (SSSR count). The molecule has 5 nitrogen and oxygen atoms in total. The molecule has 29 heavy (non-hydrogen) atoms. The second kappa shape index (κ2) is 8.60. The summed E-state index contributed by atoms with van der Waals surface area (Å²) in [5.74, 6) is -2.71. The number of anilines is 2. The molecule has 1 aromatic heterocycles. The van der Waals surface area contributed by atoms with E-state index < -0.39 is 17.5 Å². The molecule has 1 N–H and O–H groups in total. The Morgan fingerprint density at radius 2 is 1.72 bits per heavy atom. The van der Waals surface area contributed by atoms with Crippen LogP contribution < -0.4 is 10.2 Å². The van der Waals surface area contributed by atoms with Crippen molar-refractivity contribution in [1.82, 2.24) is 4.98 Å². The van der Waals surface area contributed by atoms with Gasteiger partial charge in [-0.2, -0.15) is 0 Å². The van der Waals surface area contributed by atoms with Gasteiger partial charge in [0.15, 0.2) is 0 Å². The van der Waals surface area contributed by atoms with E-state index in [1.54, 1.807) is 4.90 Å². The lowest BCUT2D eigenvalue weighted by Gasteiger charge is -2.21. The molecule has 1 heterocycles. The van der Waals surface area contributed by atoms with Gasteiger partial charge < -0.3 is 10.2 Å². The molecule has 2 aromatic carbocycles. The summed E-state index contributed by atoms with van der Waals surface area (Å²) in [5, 5.41) is 2.33. The molecule has 0 aliphatic rings. The minimum atomic E-state index is -0.901. The Bertz CT molecular complexity index is 1070. The molecule has 7 heteroatoms. The Morgan fingerprint density at radius 3 is 2.41 bits per heavy atom. The molecular formula is C22H19F2N3O2. The molecular weight excluding hydrogens is 376 g/mol. The zero-order valence-electron chi connectivity index (χ0n) is 15.9. The number of rotatable bonds is 5. The van der Waals surface area contributed by atoms with Crippen molar-refractivity contribution in [3.63, 3.8) is 0 Å². The molecule has 0 unspecified atom stereocenters. The first kappa shape index (κ1) is 20.1. The van der Waals surface area contributed by atoms with Crippen LogP contribution in [0.4, 0.5) is 20.2 Å². The third-order valence-electron chi connectivity index (χ3n) is 4.25. The number of aryl methyl sites for hydroxylation is 1. The van der Waals surface area contributed by atoms with Gasteiger partial charge in [0, 0.05) is 18.3 Å². The van der Waals surface area contributed by atoms with Crippen LogP contribution in [-0.4, -0.2) is 23.3 Å².